The first-order valence-corrected chi connectivity index (χ1v) is 12.2. The Bertz CT molecular complexity index is 1470. The Kier molecular flexibility index (Phi) is 8.25. The molecule has 0 saturated carbocycles. The molecule has 0 aliphatic heterocycles. The Labute approximate surface area is 222 Å². The van der Waals surface area contributed by atoms with Crippen molar-refractivity contribution < 1.29 is 29.3 Å². The van der Waals surface area contributed by atoms with Crippen LogP contribution in [0.4, 0.5) is 4.79 Å². The summed E-state index contributed by atoms with van der Waals surface area (Å²) < 4.78 is 6.42. The van der Waals surface area contributed by atoms with Crippen LogP contribution in [0.15, 0.2) is 64.3 Å². The second kappa shape index (κ2) is 11.8. The number of aromatic nitrogens is 2. The van der Waals surface area contributed by atoms with E-state index in [2.05, 4.69) is 10.3 Å². The van der Waals surface area contributed by atoms with Crippen LogP contribution in [0, 0.1) is 6.92 Å². The average molecular weight is 537 g/mol. The first kappa shape index (κ1) is 27.3. The third kappa shape index (κ3) is 6.24. The molecule has 1 atom stereocenters. The SMILES string of the molecule is Cc1cn(CC(=O)N(CC(=O)O)C[C@H](CO)NC(=O)OCC2c3ccccc3-c3ccccc32)c(=O)[nH]c1=O. The lowest BCUT2D eigenvalue weighted by atomic mass is 9.98. The van der Waals surface area contributed by atoms with E-state index in [0.717, 1.165) is 31.7 Å². The number of fused-ring (bicyclic) bond motifs is 3. The quantitative estimate of drug-likeness (QED) is 0.293. The smallest absolute Gasteiger partial charge is 0.407 e. The fraction of sp³-hybridized carbons (Fsp3) is 0.296. The van der Waals surface area contributed by atoms with Crippen molar-refractivity contribution in [1.82, 2.24) is 19.8 Å². The number of H-pyrrole nitrogens is 1. The molecule has 4 rings (SSSR count). The summed E-state index contributed by atoms with van der Waals surface area (Å²) in [6.07, 6.45) is 0.349. The van der Waals surface area contributed by atoms with Crippen LogP contribution in [0.1, 0.15) is 22.6 Å². The summed E-state index contributed by atoms with van der Waals surface area (Å²) in [5.74, 6) is -2.27. The number of amides is 2. The number of nitrogens with zero attached hydrogens (tertiary/aromatic N) is 2. The highest BCUT2D eigenvalue weighted by atomic mass is 16.5. The van der Waals surface area contributed by atoms with Crippen molar-refractivity contribution in [3.8, 4) is 11.1 Å². The number of hydrogen-bond acceptors (Lipinski definition) is 7. The predicted octanol–water partition coefficient (Wildman–Crippen LogP) is 0.658. The highest BCUT2D eigenvalue weighted by Gasteiger charge is 2.29. The number of aliphatic hydroxyl groups excluding tert-OH is 1. The maximum absolute atomic E-state index is 12.9. The molecule has 1 aliphatic carbocycles. The van der Waals surface area contributed by atoms with Crippen LogP contribution in [0.5, 0.6) is 0 Å². The fourth-order valence-corrected chi connectivity index (χ4v) is 4.62. The lowest BCUT2D eigenvalue weighted by molar-refractivity contribution is -0.145. The maximum Gasteiger partial charge on any atom is 0.407 e. The number of aryl methyl sites for hydroxylation is 1. The largest absolute Gasteiger partial charge is 0.480 e. The number of aromatic amines is 1. The number of carboxylic acids is 1. The van der Waals surface area contributed by atoms with Crippen LogP contribution in [0.3, 0.4) is 0 Å². The van der Waals surface area contributed by atoms with Crippen LogP contribution in [0.2, 0.25) is 0 Å². The summed E-state index contributed by atoms with van der Waals surface area (Å²) in [4.78, 5) is 63.5. The van der Waals surface area contributed by atoms with Crippen molar-refractivity contribution in [3.63, 3.8) is 0 Å². The van der Waals surface area contributed by atoms with Crippen LogP contribution in [-0.2, 0) is 20.9 Å². The number of nitrogens with one attached hydrogen (secondary N) is 2. The molecule has 0 spiro atoms. The summed E-state index contributed by atoms with van der Waals surface area (Å²) in [5, 5.41) is 21.6. The van der Waals surface area contributed by atoms with Gasteiger partial charge in [-0.15, -0.1) is 0 Å². The molecule has 204 valence electrons. The molecule has 39 heavy (non-hydrogen) atoms. The zero-order valence-electron chi connectivity index (χ0n) is 21.1. The average Bonchev–Trinajstić information content (AvgIpc) is 3.23. The Morgan fingerprint density at radius 1 is 1.08 bits per heavy atom. The van der Waals surface area contributed by atoms with Gasteiger partial charge in [-0.1, -0.05) is 48.5 Å². The topological polar surface area (TPSA) is 171 Å². The van der Waals surface area contributed by atoms with E-state index < -0.39 is 55.0 Å². The van der Waals surface area contributed by atoms with Crippen molar-refractivity contribution >= 4 is 18.0 Å². The molecule has 1 aromatic heterocycles. The normalized spacial score (nSPS) is 12.8. The van der Waals surface area contributed by atoms with E-state index in [1.54, 1.807) is 0 Å². The third-order valence-electron chi connectivity index (χ3n) is 6.50. The molecule has 0 fully saturated rings. The van der Waals surface area contributed by atoms with Gasteiger partial charge in [-0.25, -0.2) is 9.59 Å². The molecule has 1 heterocycles. The van der Waals surface area contributed by atoms with Gasteiger partial charge in [0.25, 0.3) is 5.56 Å². The Hall–Kier alpha value is -4.71. The summed E-state index contributed by atoms with van der Waals surface area (Å²) in [7, 11) is 0. The number of carboxylic acid groups (broad SMARTS) is 1. The minimum absolute atomic E-state index is 0.0320. The van der Waals surface area contributed by atoms with Crippen molar-refractivity contribution in [2.45, 2.75) is 25.4 Å². The lowest BCUT2D eigenvalue weighted by Crippen LogP contribution is -2.50. The van der Waals surface area contributed by atoms with E-state index in [9.17, 15) is 34.2 Å². The highest BCUT2D eigenvalue weighted by molar-refractivity contribution is 5.81. The van der Waals surface area contributed by atoms with E-state index in [1.165, 1.54) is 13.1 Å². The number of aliphatic hydroxyl groups is 1. The first-order chi connectivity index (χ1) is 18.7. The first-order valence-electron chi connectivity index (χ1n) is 12.2. The van der Waals surface area contributed by atoms with Gasteiger partial charge in [-0.05, 0) is 29.2 Å². The Balaban J connectivity index is 1.40. The predicted molar refractivity (Wildman–Crippen MR) is 139 cm³/mol. The molecule has 4 N–H and O–H groups in total. The highest BCUT2D eigenvalue weighted by Crippen LogP contribution is 2.44. The molecule has 0 saturated heterocycles. The number of benzene rings is 2. The molecule has 3 aromatic rings. The standard InChI is InChI=1S/C27H28N4O8/c1-16-10-31(26(37)29-25(16)36)12-23(33)30(13-24(34)35)11-17(14-32)28-27(38)39-15-22-20-8-4-2-6-18(20)19-7-3-5-9-21(19)22/h2-10,17,22,32H,11-15H2,1H3,(H,28,38)(H,34,35)(H,29,36,37)/t17-/m1/s1. The zero-order chi connectivity index (χ0) is 28.1. The molecule has 0 bridgehead atoms. The van der Waals surface area contributed by atoms with E-state index in [0.29, 0.717) is 0 Å². The number of carbonyl (C=O) groups excluding carboxylic acids is 2. The van der Waals surface area contributed by atoms with Gasteiger partial charge < -0.3 is 25.2 Å². The molecule has 0 unspecified atom stereocenters. The van der Waals surface area contributed by atoms with Gasteiger partial charge in [0.2, 0.25) is 5.91 Å². The second-order valence-electron chi connectivity index (χ2n) is 9.22. The number of carbonyl (C=O) groups is 3. The molecule has 12 heteroatoms. The van der Waals surface area contributed by atoms with Crippen molar-refractivity contribution in [2.75, 3.05) is 26.3 Å². The molecular weight excluding hydrogens is 508 g/mol. The van der Waals surface area contributed by atoms with Gasteiger partial charge in [-0.3, -0.25) is 23.9 Å². The number of hydrogen-bond donors (Lipinski definition) is 4. The van der Waals surface area contributed by atoms with E-state index in [-0.39, 0.29) is 24.6 Å². The Morgan fingerprint density at radius 2 is 1.69 bits per heavy atom. The van der Waals surface area contributed by atoms with Gasteiger partial charge in [0.05, 0.1) is 12.6 Å². The zero-order valence-corrected chi connectivity index (χ0v) is 21.1. The minimum atomic E-state index is -1.33. The number of rotatable bonds is 10. The molecule has 1 aliphatic rings. The second-order valence-corrected chi connectivity index (χ2v) is 9.22. The van der Waals surface area contributed by atoms with Crippen LogP contribution >= 0.6 is 0 Å². The number of ether oxygens (including phenoxy) is 1. The van der Waals surface area contributed by atoms with Gasteiger partial charge in [0, 0.05) is 24.2 Å². The fourth-order valence-electron chi connectivity index (χ4n) is 4.62. The van der Waals surface area contributed by atoms with E-state index in [1.807, 2.05) is 48.5 Å². The molecular formula is C27H28N4O8. The Morgan fingerprint density at radius 3 is 2.28 bits per heavy atom. The maximum atomic E-state index is 12.9. The lowest BCUT2D eigenvalue weighted by Gasteiger charge is -2.26. The summed E-state index contributed by atoms with van der Waals surface area (Å²) in [5.41, 5.74) is 2.94. The summed E-state index contributed by atoms with van der Waals surface area (Å²) in [6.45, 7) is -0.765. The number of aliphatic carboxylic acids is 1. The van der Waals surface area contributed by atoms with Crippen molar-refractivity contribution in [3.05, 3.63) is 92.3 Å². The van der Waals surface area contributed by atoms with Gasteiger partial charge in [0.15, 0.2) is 0 Å². The van der Waals surface area contributed by atoms with Crippen molar-refractivity contribution in [1.29, 1.82) is 0 Å². The molecule has 0 radical (unpaired) electrons. The summed E-state index contributed by atoms with van der Waals surface area (Å²) >= 11 is 0. The number of alkyl carbamates (subject to hydrolysis) is 1. The third-order valence-corrected chi connectivity index (χ3v) is 6.50. The molecule has 12 nitrogen and oxygen atoms in total. The minimum Gasteiger partial charge on any atom is -0.480 e. The van der Waals surface area contributed by atoms with Crippen LogP contribution in [0.25, 0.3) is 11.1 Å². The summed E-state index contributed by atoms with van der Waals surface area (Å²) in [6, 6.07) is 14.6. The van der Waals surface area contributed by atoms with E-state index >= 15 is 0 Å². The van der Waals surface area contributed by atoms with Gasteiger partial charge in [0.1, 0.15) is 19.7 Å². The van der Waals surface area contributed by atoms with Crippen LogP contribution < -0.4 is 16.6 Å². The van der Waals surface area contributed by atoms with Gasteiger partial charge >= 0.3 is 17.8 Å². The molecule has 2 amide bonds. The van der Waals surface area contributed by atoms with Crippen LogP contribution in [-0.4, -0.2) is 75.0 Å². The van der Waals surface area contributed by atoms with Gasteiger partial charge in [-0.2, -0.15) is 0 Å². The van der Waals surface area contributed by atoms with E-state index in [4.69, 9.17) is 4.74 Å². The van der Waals surface area contributed by atoms with Crippen molar-refractivity contribution in [2.24, 2.45) is 0 Å². The monoisotopic (exact) mass is 536 g/mol. The molecule has 2 aromatic carbocycles.